The van der Waals surface area contributed by atoms with Crippen LogP contribution in [0.2, 0.25) is 0 Å². The predicted molar refractivity (Wildman–Crippen MR) is 365 cm³/mol. The van der Waals surface area contributed by atoms with Crippen LogP contribution in [-0.4, -0.2) is 9.13 Å². The normalized spacial score (nSPS) is 12.5. The average molecular weight is 1110 g/mol. The summed E-state index contributed by atoms with van der Waals surface area (Å²) in [6, 6.07) is 125. The van der Waals surface area contributed by atoms with Gasteiger partial charge in [-0.25, -0.2) is 0 Å². The minimum atomic E-state index is -0.506. The number of benzene rings is 14. The minimum Gasteiger partial charge on any atom is -0.309 e. The van der Waals surface area contributed by atoms with Crippen LogP contribution in [0.4, 0.5) is 0 Å². The highest BCUT2D eigenvalue weighted by Gasteiger charge is 2.46. The molecule has 0 saturated carbocycles. The van der Waals surface area contributed by atoms with Gasteiger partial charge in [-0.3, -0.25) is 0 Å². The first-order valence-corrected chi connectivity index (χ1v) is 30.1. The van der Waals surface area contributed by atoms with Crippen molar-refractivity contribution in [1.82, 2.24) is 9.13 Å². The van der Waals surface area contributed by atoms with Crippen LogP contribution < -0.4 is 0 Å². The van der Waals surface area contributed by atoms with Crippen LogP contribution in [0.25, 0.3) is 133 Å². The monoisotopic (exact) mass is 1100 g/mol. The molecular weight excluding hydrogens is 1050 g/mol. The third-order valence-corrected chi connectivity index (χ3v) is 18.5. The zero-order valence-electron chi connectivity index (χ0n) is 47.7. The highest BCUT2D eigenvalue weighted by Crippen LogP contribution is 2.57. The molecule has 0 aliphatic heterocycles. The lowest BCUT2D eigenvalue weighted by Crippen LogP contribution is -2.28. The molecule has 1 aliphatic carbocycles. The molecular formula is C85H56N2. The van der Waals surface area contributed by atoms with Crippen LogP contribution in [0.15, 0.2) is 340 Å². The molecule has 2 aromatic heterocycles. The number of rotatable bonds is 10. The van der Waals surface area contributed by atoms with E-state index in [1.165, 1.54) is 149 Å². The summed E-state index contributed by atoms with van der Waals surface area (Å²) in [5.41, 5.74) is 28.7. The molecule has 0 amide bonds. The number of nitrogens with zero attached hydrogens (tertiary/aromatic N) is 2. The SMILES string of the molecule is c1ccc(-c2cccc(C3(c4cccc(-c5ccc(-c6ccc(-c7ccc(-n8c9ccccc9c9cc(-c%10ccc%11c(c%10)c%10ccccc%10n%11-c%10ccccc%10-c%10ccccc%10)ccc98)cc7)cc6)cc5)c4)c4ccccc4-c4ccccc43)c2)cc1. The van der Waals surface area contributed by atoms with Gasteiger partial charge in [0.2, 0.25) is 0 Å². The maximum Gasteiger partial charge on any atom is 0.0713 e. The Morgan fingerprint density at radius 3 is 1.07 bits per heavy atom. The fourth-order valence-electron chi connectivity index (χ4n) is 14.4. The van der Waals surface area contributed by atoms with Crippen LogP contribution in [0.5, 0.6) is 0 Å². The molecule has 16 aromatic rings. The fourth-order valence-corrected chi connectivity index (χ4v) is 14.4. The molecule has 406 valence electrons. The molecule has 17 rings (SSSR count). The summed E-state index contributed by atoms with van der Waals surface area (Å²) in [4.78, 5) is 0. The molecule has 87 heavy (non-hydrogen) atoms. The Bertz CT molecular complexity index is 5250. The third-order valence-electron chi connectivity index (χ3n) is 18.5. The maximum absolute atomic E-state index is 2.44. The van der Waals surface area contributed by atoms with E-state index < -0.39 is 5.41 Å². The Labute approximate surface area is 506 Å². The lowest BCUT2D eigenvalue weighted by atomic mass is 9.67. The smallest absolute Gasteiger partial charge is 0.0713 e. The van der Waals surface area contributed by atoms with E-state index in [-0.39, 0.29) is 0 Å². The molecule has 0 bridgehead atoms. The molecule has 2 nitrogen and oxygen atoms in total. The van der Waals surface area contributed by atoms with Crippen molar-refractivity contribution in [3.63, 3.8) is 0 Å². The highest BCUT2D eigenvalue weighted by atomic mass is 15.0. The second-order valence-electron chi connectivity index (χ2n) is 23.1. The van der Waals surface area contributed by atoms with E-state index in [0.29, 0.717) is 0 Å². The third kappa shape index (κ3) is 8.17. The van der Waals surface area contributed by atoms with Gasteiger partial charge in [-0.15, -0.1) is 0 Å². The molecule has 0 spiro atoms. The number of hydrogen-bond donors (Lipinski definition) is 0. The summed E-state index contributed by atoms with van der Waals surface area (Å²) >= 11 is 0. The van der Waals surface area contributed by atoms with E-state index >= 15 is 0 Å². The Morgan fingerprint density at radius 1 is 0.195 bits per heavy atom. The first-order chi connectivity index (χ1) is 43.1. The summed E-state index contributed by atoms with van der Waals surface area (Å²) in [5.74, 6) is 0. The summed E-state index contributed by atoms with van der Waals surface area (Å²) in [6.07, 6.45) is 0. The van der Waals surface area contributed by atoms with Crippen molar-refractivity contribution < 1.29 is 0 Å². The zero-order chi connectivity index (χ0) is 57.4. The van der Waals surface area contributed by atoms with E-state index in [9.17, 15) is 0 Å². The number of para-hydroxylation sites is 3. The lowest BCUT2D eigenvalue weighted by molar-refractivity contribution is 0.769. The second-order valence-corrected chi connectivity index (χ2v) is 23.1. The minimum absolute atomic E-state index is 0.506. The molecule has 0 fully saturated rings. The van der Waals surface area contributed by atoms with Gasteiger partial charge in [0.25, 0.3) is 0 Å². The Kier molecular flexibility index (Phi) is 11.8. The van der Waals surface area contributed by atoms with Crippen molar-refractivity contribution in [2.24, 2.45) is 0 Å². The topological polar surface area (TPSA) is 9.86 Å². The van der Waals surface area contributed by atoms with Crippen molar-refractivity contribution in [2.75, 3.05) is 0 Å². The molecule has 0 radical (unpaired) electrons. The Morgan fingerprint density at radius 2 is 0.540 bits per heavy atom. The van der Waals surface area contributed by atoms with Crippen molar-refractivity contribution in [3.8, 4) is 89.3 Å². The fraction of sp³-hybridized carbons (Fsp3) is 0.0118. The van der Waals surface area contributed by atoms with Gasteiger partial charge in [-0.2, -0.15) is 0 Å². The standard InChI is InChI=1S/C85H56N2/c1-3-19-57(20-4-1)64-23-17-25-68(53-64)85(78-32-12-7-28-72(78)73-29-8-13-33-79(73)85)69-26-18-24-65(54-69)62-43-41-59(42-44-62)58-37-39-60(40-38-58)61-45-49-70(50-46-61)86-81-35-15-10-30-74(81)76-55-66(47-51-83(76)86)67-48-52-84-77(56-67)75-31-11-16-36-82(75)87(84)80-34-14-9-27-71(80)63-21-5-2-6-22-63/h1-56H. The molecule has 1 aliphatic rings. The Hall–Kier alpha value is -11.3. The van der Waals surface area contributed by atoms with Gasteiger partial charge in [-0.05, 0) is 161 Å². The molecule has 2 heterocycles. The number of fused-ring (bicyclic) bond motifs is 9. The van der Waals surface area contributed by atoms with Crippen molar-refractivity contribution >= 4 is 43.6 Å². The summed E-state index contributed by atoms with van der Waals surface area (Å²) in [6.45, 7) is 0. The molecule has 2 heteroatoms. The van der Waals surface area contributed by atoms with Crippen molar-refractivity contribution in [3.05, 3.63) is 362 Å². The maximum atomic E-state index is 2.44. The van der Waals surface area contributed by atoms with E-state index in [4.69, 9.17) is 0 Å². The first kappa shape index (κ1) is 50.2. The molecule has 14 aromatic carbocycles. The van der Waals surface area contributed by atoms with Gasteiger partial charge < -0.3 is 9.13 Å². The highest BCUT2D eigenvalue weighted by molar-refractivity contribution is 6.13. The van der Waals surface area contributed by atoms with Gasteiger partial charge in [0, 0.05) is 32.8 Å². The number of aromatic nitrogens is 2. The van der Waals surface area contributed by atoms with E-state index in [0.717, 1.165) is 5.69 Å². The van der Waals surface area contributed by atoms with Gasteiger partial charge >= 0.3 is 0 Å². The van der Waals surface area contributed by atoms with Gasteiger partial charge in [-0.1, -0.05) is 273 Å². The zero-order valence-corrected chi connectivity index (χ0v) is 47.7. The van der Waals surface area contributed by atoms with Crippen molar-refractivity contribution in [2.45, 2.75) is 5.41 Å². The first-order valence-electron chi connectivity index (χ1n) is 30.1. The van der Waals surface area contributed by atoms with Gasteiger partial charge in [0.05, 0.1) is 33.2 Å². The largest absolute Gasteiger partial charge is 0.309 e. The predicted octanol–water partition coefficient (Wildman–Crippen LogP) is 22.2. The van der Waals surface area contributed by atoms with Crippen LogP contribution in [0.1, 0.15) is 22.3 Å². The summed E-state index contributed by atoms with van der Waals surface area (Å²) in [7, 11) is 0. The van der Waals surface area contributed by atoms with Crippen LogP contribution in [0.3, 0.4) is 0 Å². The molecule has 0 saturated heterocycles. The average Bonchev–Trinajstić information content (AvgIpc) is 1.66. The van der Waals surface area contributed by atoms with Gasteiger partial charge in [0.1, 0.15) is 0 Å². The second kappa shape index (κ2) is 20.5. The van der Waals surface area contributed by atoms with Gasteiger partial charge in [0.15, 0.2) is 0 Å². The van der Waals surface area contributed by atoms with Crippen LogP contribution >= 0.6 is 0 Å². The lowest BCUT2D eigenvalue weighted by Gasteiger charge is -2.34. The summed E-state index contributed by atoms with van der Waals surface area (Å²) in [5, 5.41) is 4.96. The quantitative estimate of drug-likeness (QED) is 0.129. The number of hydrogen-bond acceptors (Lipinski definition) is 0. The Balaban J connectivity index is 0.656. The molecule has 0 unspecified atom stereocenters. The molecule has 0 N–H and O–H groups in total. The van der Waals surface area contributed by atoms with Crippen LogP contribution in [-0.2, 0) is 5.41 Å². The van der Waals surface area contributed by atoms with Crippen molar-refractivity contribution in [1.29, 1.82) is 0 Å². The van der Waals surface area contributed by atoms with E-state index in [2.05, 4.69) is 349 Å². The van der Waals surface area contributed by atoms with Crippen LogP contribution in [0, 0.1) is 0 Å². The van der Waals surface area contributed by atoms with E-state index in [1.807, 2.05) is 0 Å². The summed E-state index contributed by atoms with van der Waals surface area (Å²) < 4.78 is 4.85. The molecule has 0 atom stereocenters. The van der Waals surface area contributed by atoms with E-state index in [1.54, 1.807) is 0 Å².